The normalized spacial score (nSPS) is 10.7. The molecule has 0 N–H and O–H groups in total. The molecule has 0 bridgehead atoms. The maximum atomic E-state index is 10.6. The van der Waals surface area contributed by atoms with Gasteiger partial charge in [-0.3, -0.25) is 0 Å². The molecule has 1 heterocycles. The Bertz CT molecular complexity index is 521. The number of hydrogen-bond acceptors (Lipinski definition) is 2. The van der Waals surface area contributed by atoms with Gasteiger partial charge < -0.3 is 0 Å². The summed E-state index contributed by atoms with van der Waals surface area (Å²) in [7, 11) is 0. The van der Waals surface area contributed by atoms with Gasteiger partial charge in [0.1, 0.15) is 0 Å². The molecule has 0 radical (unpaired) electrons. The van der Waals surface area contributed by atoms with Crippen LogP contribution in [0.2, 0.25) is 0 Å². The van der Waals surface area contributed by atoms with Crippen molar-refractivity contribution in [2.24, 2.45) is 0 Å². The maximum absolute atomic E-state index is 10.6. The van der Waals surface area contributed by atoms with E-state index in [4.69, 9.17) is 0 Å². The molecule has 0 aliphatic heterocycles. The summed E-state index contributed by atoms with van der Waals surface area (Å²) in [5.74, 6) is 0. The fourth-order valence-corrected chi connectivity index (χ4v) is 4.33. The summed E-state index contributed by atoms with van der Waals surface area (Å²) < 4.78 is 2.40. The summed E-state index contributed by atoms with van der Waals surface area (Å²) in [4.78, 5) is 10.2. The minimum absolute atomic E-state index is 0.168. The van der Waals surface area contributed by atoms with Gasteiger partial charge in [-0.15, -0.1) is 0 Å². The second-order valence-corrected chi connectivity index (χ2v) is 7.12. The molecule has 0 saturated heterocycles. The molecule has 0 unspecified atom stereocenters. The molecule has 0 fully saturated rings. The molecule has 0 saturated carbocycles. The van der Waals surface area contributed by atoms with E-state index in [9.17, 15) is 10.1 Å². The van der Waals surface area contributed by atoms with Crippen LogP contribution >= 0.6 is 15.9 Å². The van der Waals surface area contributed by atoms with Gasteiger partial charge in [0.15, 0.2) is 0 Å². The fourth-order valence-electron chi connectivity index (χ4n) is 1.29. The molecule has 5 heteroatoms. The van der Waals surface area contributed by atoms with Gasteiger partial charge in [-0.1, -0.05) is 0 Å². The number of nitrogens with zero attached hydrogens (tertiary/aromatic N) is 1. The molecule has 72 valence electrons. The third-order valence-electron chi connectivity index (χ3n) is 2.07. The molecule has 1 aromatic carbocycles. The van der Waals surface area contributed by atoms with Gasteiger partial charge in [-0.05, 0) is 0 Å². The average molecular weight is 319 g/mol. The molecule has 14 heavy (non-hydrogen) atoms. The van der Waals surface area contributed by atoms with Crippen LogP contribution in [0.1, 0.15) is 5.56 Å². The molecule has 0 amide bonds. The zero-order valence-corrected chi connectivity index (χ0v) is 10.6. The summed E-state index contributed by atoms with van der Waals surface area (Å²) in [6, 6.07) is 5.07. The Morgan fingerprint density at radius 2 is 2.21 bits per heavy atom. The van der Waals surface area contributed by atoms with Crippen molar-refractivity contribution in [2.45, 2.75) is 6.92 Å². The zero-order valence-electron chi connectivity index (χ0n) is 7.28. The number of aryl methyl sites for hydroxylation is 1. The molecule has 2 aromatic rings. The van der Waals surface area contributed by atoms with E-state index in [1.165, 1.54) is 7.61 Å². The monoisotopic (exact) mass is 319 g/mol. The van der Waals surface area contributed by atoms with Gasteiger partial charge in [-0.2, -0.15) is 0 Å². The first-order chi connectivity index (χ1) is 6.59. The van der Waals surface area contributed by atoms with E-state index in [2.05, 4.69) is 15.9 Å². The van der Waals surface area contributed by atoms with Gasteiger partial charge in [0.05, 0.1) is 0 Å². The van der Waals surface area contributed by atoms with Crippen LogP contribution < -0.4 is 0 Å². The van der Waals surface area contributed by atoms with Crippen LogP contribution in [0.4, 0.5) is 5.69 Å². The van der Waals surface area contributed by atoms with Gasteiger partial charge >= 0.3 is 94.8 Å². The zero-order chi connectivity index (χ0) is 10.3. The topological polar surface area (TPSA) is 43.1 Å². The van der Waals surface area contributed by atoms with Crippen molar-refractivity contribution in [3.63, 3.8) is 0 Å². The molecule has 0 aliphatic carbocycles. The van der Waals surface area contributed by atoms with Crippen molar-refractivity contribution in [3.8, 4) is 0 Å². The van der Waals surface area contributed by atoms with E-state index in [1.807, 2.05) is 13.0 Å². The van der Waals surface area contributed by atoms with Gasteiger partial charge in [0.25, 0.3) is 0 Å². The molecular weight excluding hydrogens is 313 g/mol. The number of non-ortho nitro benzene ring substituents is 1. The second-order valence-electron chi connectivity index (χ2n) is 2.94. The Labute approximate surface area is 94.8 Å². The summed E-state index contributed by atoms with van der Waals surface area (Å²) in [5.41, 5.74) is 1.30. The van der Waals surface area contributed by atoms with Crippen molar-refractivity contribution in [2.75, 3.05) is 0 Å². The van der Waals surface area contributed by atoms with E-state index in [0.29, 0.717) is 0 Å². The Morgan fingerprint density at radius 1 is 1.50 bits per heavy atom. The van der Waals surface area contributed by atoms with E-state index < -0.39 is 0 Å². The predicted octanol–water partition coefficient (Wildman–Crippen LogP) is 2.88. The Kier molecular flexibility index (Phi) is 2.47. The summed E-state index contributed by atoms with van der Waals surface area (Å²) in [6.45, 7) is 1.99. The Hall–Kier alpha value is -0.641. The molecular formula is C9H6BrNO2Se. The van der Waals surface area contributed by atoms with E-state index in [1.54, 1.807) is 12.1 Å². The van der Waals surface area contributed by atoms with Crippen molar-refractivity contribution in [1.82, 2.24) is 0 Å². The number of nitro groups is 1. The van der Waals surface area contributed by atoms with Gasteiger partial charge in [-0.25, -0.2) is 0 Å². The molecule has 3 nitrogen and oxygen atoms in total. The van der Waals surface area contributed by atoms with Crippen molar-refractivity contribution in [1.29, 1.82) is 0 Å². The quantitative estimate of drug-likeness (QED) is 0.461. The molecule has 2 rings (SSSR count). The number of nitro benzene ring substituents is 1. The van der Waals surface area contributed by atoms with Crippen LogP contribution in [0.5, 0.6) is 0 Å². The molecule has 1 aromatic heterocycles. The minimum atomic E-state index is -0.354. The van der Waals surface area contributed by atoms with E-state index in [0.717, 1.165) is 10.9 Å². The van der Waals surface area contributed by atoms with Crippen LogP contribution in [-0.2, 0) is 0 Å². The standard InChI is InChI=1S/C9H6BrNO2Se/c1-5-7-4-6(11(12)13)2-3-8(7)14-9(5)10/h2-4H,1H3. The first kappa shape index (κ1) is 9.90. The van der Waals surface area contributed by atoms with Gasteiger partial charge in [0.2, 0.25) is 0 Å². The van der Waals surface area contributed by atoms with Crippen LogP contribution in [0.25, 0.3) is 9.65 Å². The summed E-state index contributed by atoms with van der Waals surface area (Å²) >= 11 is 3.77. The number of rotatable bonds is 1. The van der Waals surface area contributed by atoms with Crippen LogP contribution in [0.3, 0.4) is 0 Å². The summed E-state index contributed by atoms with van der Waals surface area (Å²) in [5, 5.41) is 11.6. The fraction of sp³-hybridized carbons (Fsp3) is 0.111. The Morgan fingerprint density at radius 3 is 2.86 bits per heavy atom. The summed E-state index contributed by atoms with van der Waals surface area (Å²) in [6.07, 6.45) is 0. The van der Waals surface area contributed by atoms with Crippen LogP contribution in [-0.4, -0.2) is 19.4 Å². The van der Waals surface area contributed by atoms with Crippen LogP contribution in [0.15, 0.2) is 21.5 Å². The van der Waals surface area contributed by atoms with Crippen molar-refractivity contribution >= 4 is 45.8 Å². The van der Waals surface area contributed by atoms with Crippen molar-refractivity contribution in [3.05, 3.63) is 37.2 Å². The number of halogens is 1. The first-order valence-corrected chi connectivity index (χ1v) is 6.43. The number of fused-ring (bicyclic) bond motifs is 1. The van der Waals surface area contributed by atoms with E-state index >= 15 is 0 Å². The molecule has 0 aliphatic rings. The van der Waals surface area contributed by atoms with Crippen LogP contribution in [0, 0.1) is 17.0 Å². The first-order valence-electron chi connectivity index (χ1n) is 3.92. The Balaban J connectivity index is 2.76. The average Bonchev–Trinajstić information content (AvgIpc) is 2.43. The predicted molar refractivity (Wildman–Crippen MR) is 60.0 cm³/mol. The van der Waals surface area contributed by atoms with E-state index in [-0.39, 0.29) is 25.1 Å². The SMILES string of the molecule is Cc1c(Br)[se]c2ccc([N+](=O)[O-])cc12. The second kappa shape index (κ2) is 3.50. The number of hydrogen-bond donors (Lipinski definition) is 0. The third kappa shape index (κ3) is 1.52. The molecule has 0 atom stereocenters. The number of benzene rings is 1. The van der Waals surface area contributed by atoms with Crippen molar-refractivity contribution < 1.29 is 4.92 Å². The van der Waals surface area contributed by atoms with Gasteiger partial charge in [0, 0.05) is 0 Å². The molecule has 0 spiro atoms. The third-order valence-corrected chi connectivity index (χ3v) is 5.73.